The number of primary amides is 1. The predicted octanol–water partition coefficient (Wildman–Crippen LogP) is -1.27. The third kappa shape index (κ3) is 8.19. The number of carbonyl (C=O) groups excluding carboxylic acids is 2. The van der Waals surface area contributed by atoms with Gasteiger partial charge in [0.1, 0.15) is 6.10 Å². The molecule has 0 spiro atoms. The Labute approximate surface area is 95.6 Å². The van der Waals surface area contributed by atoms with Gasteiger partial charge in [0, 0.05) is 18.5 Å². The van der Waals surface area contributed by atoms with E-state index in [9.17, 15) is 9.59 Å². The third-order valence-electron chi connectivity index (χ3n) is 1.83. The van der Waals surface area contributed by atoms with Crippen LogP contribution in [0.2, 0.25) is 0 Å². The number of rotatable bonds is 6. The highest BCUT2D eigenvalue weighted by molar-refractivity contribution is 5.80. The number of amides is 2. The second-order valence-electron chi connectivity index (χ2n) is 4.65. The van der Waals surface area contributed by atoms with Crippen LogP contribution in [-0.2, 0) is 9.59 Å². The summed E-state index contributed by atoms with van der Waals surface area (Å²) in [6.45, 7) is 6.41. The summed E-state index contributed by atoms with van der Waals surface area (Å²) in [5, 5.41) is 14.6. The fourth-order valence-corrected chi connectivity index (χ4v) is 0.951. The van der Waals surface area contributed by atoms with Gasteiger partial charge in [0.2, 0.25) is 11.8 Å². The van der Waals surface area contributed by atoms with Gasteiger partial charge in [-0.3, -0.25) is 9.59 Å². The molecule has 1 unspecified atom stereocenters. The van der Waals surface area contributed by atoms with E-state index < -0.39 is 12.0 Å². The van der Waals surface area contributed by atoms with Crippen molar-refractivity contribution in [2.24, 2.45) is 5.73 Å². The molecule has 0 aliphatic rings. The fourth-order valence-electron chi connectivity index (χ4n) is 0.951. The highest BCUT2D eigenvalue weighted by Crippen LogP contribution is 1.97. The Morgan fingerprint density at radius 1 is 1.38 bits per heavy atom. The monoisotopic (exact) mass is 231 g/mol. The minimum Gasteiger partial charge on any atom is -0.381 e. The van der Waals surface area contributed by atoms with Crippen molar-refractivity contribution in [3.05, 3.63) is 0 Å². The molecule has 0 bridgehead atoms. The van der Waals surface area contributed by atoms with E-state index in [4.69, 9.17) is 10.8 Å². The number of nitrogens with one attached hydrogen (secondary N) is 2. The first-order chi connectivity index (χ1) is 7.22. The molecule has 0 aliphatic carbocycles. The lowest BCUT2D eigenvalue weighted by Gasteiger charge is -2.20. The van der Waals surface area contributed by atoms with E-state index in [0.29, 0.717) is 13.0 Å². The first-order valence-corrected chi connectivity index (χ1v) is 5.21. The molecule has 0 aliphatic heterocycles. The molecule has 0 saturated heterocycles. The summed E-state index contributed by atoms with van der Waals surface area (Å²) >= 11 is 0. The van der Waals surface area contributed by atoms with Crippen molar-refractivity contribution in [1.29, 1.82) is 0 Å². The Balaban J connectivity index is 3.64. The van der Waals surface area contributed by atoms with Gasteiger partial charge in [-0.05, 0) is 20.8 Å². The Kier molecular flexibility index (Phi) is 5.98. The molecule has 16 heavy (non-hydrogen) atoms. The van der Waals surface area contributed by atoms with Gasteiger partial charge in [0.05, 0.1) is 6.54 Å². The van der Waals surface area contributed by atoms with Gasteiger partial charge in [-0.2, -0.15) is 0 Å². The predicted molar refractivity (Wildman–Crippen MR) is 60.6 cm³/mol. The lowest BCUT2D eigenvalue weighted by molar-refractivity contribution is -0.127. The number of hydrogen-bond acceptors (Lipinski definition) is 4. The van der Waals surface area contributed by atoms with E-state index in [1.807, 2.05) is 20.8 Å². The van der Waals surface area contributed by atoms with Crippen molar-refractivity contribution in [3.63, 3.8) is 0 Å². The molecule has 0 saturated carbocycles. The van der Waals surface area contributed by atoms with Crippen LogP contribution in [0.5, 0.6) is 0 Å². The maximum Gasteiger partial charge on any atom is 0.248 e. The molecule has 0 rings (SSSR count). The minimum atomic E-state index is -1.32. The largest absolute Gasteiger partial charge is 0.381 e. The van der Waals surface area contributed by atoms with Gasteiger partial charge in [-0.25, -0.2) is 0 Å². The maximum absolute atomic E-state index is 11.2. The van der Waals surface area contributed by atoms with Crippen molar-refractivity contribution in [2.75, 3.05) is 13.1 Å². The highest BCUT2D eigenvalue weighted by atomic mass is 16.3. The molecule has 2 amide bonds. The molecule has 0 heterocycles. The molecule has 1 atom stereocenters. The summed E-state index contributed by atoms with van der Waals surface area (Å²) < 4.78 is 0. The average Bonchev–Trinajstić information content (AvgIpc) is 2.11. The highest BCUT2D eigenvalue weighted by Gasteiger charge is 2.13. The van der Waals surface area contributed by atoms with E-state index in [1.165, 1.54) is 0 Å². The number of aliphatic hydroxyl groups excluding tert-OH is 1. The van der Waals surface area contributed by atoms with Crippen molar-refractivity contribution in [2.45, 2.75) is 38.8 Å². The van der Waals surface area contributed by atoms with Gasteiger partial charge >= 0.3 is 0 Å². The summed E-state index contributed by atoms with van der Waals surface area (Å²) in [7, 11) is 0. The molecule has 5 N–H and O–H groups in total. The smallest absolute Gasteiger partial charge is 0.248 e. The number of aliphatic hydroxyl groups is 1. The average molecular weight is 231 g/mol. The van der Waals surface area contributed by atoms with Crippen LogP contribution in [0.25, 0.3) is 0 Å². The number of hydrogen-bond donors (Lipinski definition) is 4. The summed E-state index contributed by atoms with van der Waals surface area (Å²) in [5.74, 6) is -1.06. The molecule has 0 fully saturated rings. The molecule has 0 aromatic rings. The second kappa shape index (κ2) is 6.44. The standard InChI is InChI=1S/C10H21N3O3/c1-10(2,3)13-5-4-8(15)12-6-7(14)9(11)16/h7,13-14H,4-6H2,1-3H3,(H2,11,16)(H,12,15). The number of nitrogens with two attached hydrogens (primary N) is 1. The van der Waals surface area contributed by atoms with Crippen molar-refractivity contribution in [3.8, 4) is 0 Å². The van der Waals surface area contributed by atoms with Crippen LogP contribution < -0.4 is 16.4 Å². The van der Waals surface area contributed by atoms with E-state index >= 15 is 0 Å². The summed E-state index contributed by atoms with van der Waals surface area (Å²) in [6.07, 6.45) is -1.03. The van der Waals surface area contributed by atoms with Crippen molar-refractivity contribution < 1.29 is 14.7 Å². The zero-order chi connectivity index (χ0) is 12.8. The zero-order valence-electron chi connectivity index (χ0n) is 10.0. The topological polar surface area (TPSA) is 104 Å². The van der Waals surface area contributed by atoms with Crippen LogP contribution in [0.1, 0.15) is 27.2 Å². The van der Waals surface area contributed by atoms with Gasteiger partial charge in [0.25, 0.3) is 0 Å². The van der Waals surface area contributed by atoms with Crippen LogP contribution in [-0.4, -0.2) is 41.7 Å². The fraction of sp³-hybridized carbons (Fsp3) is 0.800. The quantitative estimate of drug-likeness (QED) is 0.457. The lowest BCUT2D eigenvalue weighted by Crippen LogP contribution is -2.42. The van der Waals surface area contributed by atoms with Crippen molar-refractivity contribution >= 4 is 11.8 Å². The first kappa shape index (κ1) is 14.9. The molecular weight excluding hydrogens is 210 g/mol. The molecule has 0 aromatic heterocycles. The number of carbonyl (C=O) groups is 2. The summed E-state index contributed by atoms with van der Waals surface area (Å²) in [5.41, 5.74) is 4.79. The van der Waals surface area contributed by atoms with Gasteiger partial charge in [-0.1, -0.05) is 0 Å². The van der Waals surface area contributed by atoms with E-state index in [2.05, 4.69) is 10.6 Å². The van der Waals surface area contributed by atoms with E-state index in [1.54, 1.807) is 0 Å². The minimum absolute atomic E-state index is 0.0347. The van der Waals surface area contributed by atoms with Crippen LogP contribution in [0, 0.1) is 0 Å². The normalized spacial score (nSPS) is 13.2. The lowest BCUT2D eigenvalue weighted by atomic mass is 10.1. The second-order valence-corrected chi connectivity index (χ2v) is 4.65. The SMILES string of the molecule is CC(C)(C)NCCC(=O)NCC(O)C(N)=O. The third-order valence-corrected chi connectivity index (χ3v) is 1.83. The molecule has 94 valence electrons. The van der Waals surface area contributed by atoms with Crippen LogP contribution in [0.15, 0.2) is 0 Å². The summed E-state index contributed by atoms with van der Waals surface area (Å²) in [4.78, 5) is 21.7. The van der Waals surface area contributed by atoms with Crippen LogP contribution in [0.4, 0.5) is 0 Å². The van der Waals surface area contributed by atoms with Gasteiger partial charge < -0.3 is 21.5 Å². The molecule has 6 heteroatoms. The Hall–Kier alpha value is -1.14. The zero-order valence-corrected chi connectivity index (χ0v) is 10.0. The molecular formula is C10H21N3O3. The first-order valence-electron chi connectivity index (χ1n) is 5.21. The Morgan fingerprint density at radius 3 is 2.38 bits per heavy atom. The Bertz CT molecular complexity index is 248. The molecule has 6 nitrogen and oxygen atoms in total. The van der Waals surface area contributed by atoms with E-state index in [-0.39, 0.29) is 18.0 Å². The van der Waals surface area contributed by atoms with E-state index in [0.717, 1.165) is 0 Å². The Morgan fingerprint density at radius 2 is 1.94 bits per heavy atom. The van der Waals surface area contributed by atoms with Crippen LogP contribution >= 0.6 is 0 Å². The summed E-state index contributed by atoms with van der Waals surface area (Å²) in [6, 6.07) is 0. The maximum atomic E-state index is 11.2. The molecule has 0 radical (unpaired) electrons. The van der Waals surface area contributed by atoms with Crippen molar-refractivity contribution in [1.82, 2.24) is 10.6 Å². The molecule has 0 aromatic carbocycles. The van der Waals surface area contributed by atoms with Crippen LogP contribution in [0.3, 0.4) is 0 Å². The van der Waals surface area contributed by atoms with Gasteiger partial charge in [-0.15, -0.1) is 0 Å². The van der Waals surface area contributed by atoms with Gasteiger partial charge in [0.15, 0.2) is 0 Å².